The van der Waals surface area contributed by atoms with Crippen LogP contribution in [0, 0.1) is 0 Å². The number of carbonyl (C=O) groups is 1. The van der Waals surface area contributed by atoms with Crippen molar-refractivity contribution in [2.75, 3.05) is 12.3 Å². The highest BCUT2D eigenvalue weighted by molar-refractivity contribution is 7.92. The number of amides is 1. The van der Waals surface area contributed by atoms with Crippen molar-refractivity contribution in [3.63, 3.8) is 0 Å². The molecule has 1 saturated heterocycles. The van der Waals surface area contributed by atoms with Gasteiger partial charge in [0, 0.05) is 18.5 Å². The Hall–Kier alpha value is -1.37. The van der Waals surface area contributed by atoms with Crippen molar-refractivity contribution < 1.29 is 17.6 Å². The van der Waals surface area contributed by atoms with Gasteiger partial charge < -0.3 is 9.32 Å². The molecule has 0 radical (unpaired) electrons. The monoisotopic (exact) mass is 300 g/mol. The summed E-state index contributed by atoms with van der Waals surface area (Å²) in [5.41, 5.74) is 0.290. The fraction of sp³-hybridized carbons (Fsp3) is 0.692. The lowest BCUT2D eigenvalue weighted by molar-refractivity contribution is 0.0685. The van der Waals surface area contributed by atoms with Gasteiger partial charge in [-0.2, -0.15) is 0 Å². The number of nitrogens with zero attached hydrogens (tertiary/aromatic N) is 2. The highest BCUT2D eigenvalue weighted by Gasteiger charge is 2.39. The van der Waals surface area contributed by atoms with Crippen molar-refractivity contribution >= 4 is 15.7 Å². The first kappa shape index (κ1) is 15.0. The van der Waals surface area contributed by atoms with Crippen molar-refractivity contribution in [3.8, 4) is 0 Å². The number of hydrogen-bond donors (Lipinski definition) is 0. The third-order valence-electron chi connectivity index (χ3n) is 3.94. The van der Waals surface area contributed by atoms with E-state index in [9.17, 15) is 13.2 Å². The topological polar surface area (TPSA) is 80.5 Å². The summed E-state index contributed by atoms with van der Waals surface area (Å²) in [4.78, 5) is 18.1. The van der Waals surface area contributed by atoms with Crippen LogP contribution in [0.15, 0.2) is 10.8 Å². The average molecular weight is 300 g/mol. The van der Waals surface area contributed by atoms with Crippen LogP contribution in [0.3, 0.4) is 0 Å². The molecule has 0 spiro atoms. The minimum Gasteiger partial charge on any atom is -0.447 e. The first-order valence-electron chi connectivity index (χ1n) is 6.71. The molecule has 0 N–H and O–H groups in total. The van der Waals surface area contributed by atoms with E-state index in [1.807, 2.05) is 13.8 Å². The molecule has 2 atom stereocenters. The Balaban J connectivity index is 2.28. The maximum absolute atomic E-state index is 12.6. The maximum atomic E-state index is 12.6. The highest BCUT2D eigenvalue weighted by atomic mass is 32.2. The number of carbonyl (C=O) groups excluding carboxylic acids is 1. The van der Waals surface area contributed by atoms with E-state index < -0.39 is 15.1 Å². The summed E-state index contributed by atoms with van der Waals surface area (Å²) in [6.07, 6.45) is 1.26. The third kappa shape index (κ3) is 2.46. The van der Waals surface area contributed by atoms with Gasteiger partial charge in [0.05, 0.1) is 11.0 Å². The lowest BCUT2D eigenvalue weighted by Crippen LogP contribution is -2.54. The number of aromatic nitrogens is 1. The van der Waals surface area contributed by atoms with Gasteiger partial charge in [-0.3, -0.25) is 4.79 Å². The van der Waals surface area contributed by atoms with Gasteiger partial charge in [-0.25, -0.2) is 13.4 Å². The van der Waals surface area contributed by atoms with Crippen LogP contribution in [-0.4, -0.2) is 47.8 Å². The number of rotatable bonds is 2. The molecule has 2 heterocycles. The largest absolute Gasteiger partial charge is 0.447 e. The van der Waals surface area contributed by atoms with Crippen molar-refractivity contribution in [2.45, 2.75) is 44.9 Å². The van der Waals surface area contributed by atoms with E-state index in [4.69, 9.17) is 4.42 Å². The third-order valence-corrected chi connectivity index (χ3v) is 6.22. The van der Waals surface area contributed by atoms with Crippen LogP contribution in [-0.2, 0) is 9.84 Å². The summed E-state index contributed by atoms with van der Waals surface area (Å²) in [7, 11) is -3.11. The normalized spacial score (nSPS) is 25.9. The van der Waals surface area contributed by atoms with Crippen LogP contribution in [0.5, 0.6) is 0 Å². The fourth-order valence-corrected chi connectivity index (χ4v) is 3.99. The molecule has 0 aromatic carbocycles. The van der Waals surface area contributed by atoms with Crippen LogP contribution in [0.25, 0.3) is 0 Å². The first-order valence-corrected chi connectivity index (χ1v) is 8.43. The van der Waals surface area contributed by atoms with Gasteiger partial charge in [0.2, 0.25) is 0 Å². The Morgan fingerprint density at radius 3 is 2.70 bits per heavy atom. The van der Waals surface area contributed by atoms with E-state index in [0.717, 1.165) is 0 Å². The number of sulfone groups is 1. The Morgan fingerprint density at radius 2 is 2.10 bits per heavy atom. The number of oxazole rings is 1. The maximum Gasteiger partial charge on any atom is 0.276 e. The second-order valence-electron chi connectivity index (χ2n) is 5.53. The molecule has 1 aliphatic heterocycles. The molecule has 1 fully saturated rings. The first-order chi connectivity index (χ1) is 9.25. The van der Waals surface area contributed by atoms with E-state index in [1.54, 1.807) is 18.7 Å². The van der Waals surface area contributed by atoms with Crippen molar-refractivity contribution in [1.29, 1.82) is 0 Å². The zero-order valence-electron chi connectivity index (χ0n) is 12.2. The fourth-order valence-electron chi connectivity index (χ4n) is 2.42. The van der Waals surface area contributed by atoms with Gasteiger partial charge in [-0.1, -0.05) is 13.8 Å². The van der Waals surface area contributed by atoms with Gasteiger partial charge in [0.25, 0.3) is 5.91 Å². The minimum absolute atomic E-state index is 0.000883. The van der Waals surface area contributed by atoms with Crippen molar-refractivity contribution in [2.24, 2.45) is 0 Å². The van der Waals surface area contributed by atoms with E-state index in [-0.39, 0.29) is 30.2 Å². The van der Waals surface area contributed by atoms with Gasteiger partial charge >= 0.3 is 0 Å². The Bertz CT molecular complexity index is 606. The van der Waals surface area contributed by atoms with Gasteiger partial charge in [-0.05, 0) is 13.8 Å². The standard InChI is InChI=1S/C13H20N2O4S/c1-8(2)12-11(14-7-19-12)13(16)15-5-6-20(17,18)10(4)9(15)3/h7-10H,5-6H2,1-4H3/t9-,10-/m1/s1. The average Bonchev–Trinajstić information content (AvgIpc) is 2.85. The van der Waals surface area contributed by atoms with E-state index in [1.165, 1.54) is 6.39 Å². The molecule has 7 heteroatoms. The molecule has 1 amide bonds. The van der Waals surface area contributed by atoms with Crippen LogP contribution < -0.4 is 0 Å². The second kappa shape index (κ2) is 5.20. The van der Waals surface area contributed by atoms with Crippen molar-refractivity contribution in [3.05, 3.63) is 17.8 Å². The summed E-state index contributed by atoms with van der Waals surface area (Å²) >= 11 is 0. The minimum atomic E-state index is -3.11. The molecular formula is C13H20N2O4S. The summed E-state index contributed by atoms with van der Waals surface area (Å²) in [6, 6.07) is -0.363. The Kier molecular flexibility index (Phi) is 3.90. The molecule has 20 heavy (non-hydrogen) atoms. The van der Waals surface area contributed by atoms with E-state index in [0.29, 0.717) is 11.5 Å². The quantitative estimate of drug-likeness (QED) is 0.825. The van der Waals surface area contributed by atoms with Gasteiger partial charge in [0.15, 0.2) is 21.9 Å². The SMILES string of the molecule is CC(C)c1ocnc1C(=O)N1CCS(=O)(=O)[C@H](C)[C@H]1C. The van der Waals surface area contributed by atoms with E-state index in [2.05, 4.69) is 4.98 Å². The lowest BCUT2D eigenvalue weighted by atomic mass is 10.1. The molecule has 0 unspecified atom stereocenters. The summed E-state index contributed by atoms with van der Waals surface area (Å²) in [5, 5.41) is -0.561. The van der Waals surface area contributed by atoms with Crippen molar-refractivity contribution in [1.82, 2.24) is 9.88 Å². The molecule has 1 aliphatic rings. The molecular weight excluding hydrogens is 280 g/mol. The van der Waals surface area contributed by atoms with Crippen LogP contribution in [0.1, 0.15) is 49.9 Å². The summed E-state index contributed by atoms with van der Waals surface area (Å²) in [6.45, 7) is 7.45. The van der Waals surface area contributed by atoms with E-state index >= 15 is 0 Å². The van der Waals surface area contributed by atoms with Crippen LogP contribution >= 0.6 is 0 Å². The Labute approximate surface area is 119 Å². The van der Waals surface area contributed by atoms with Gasteiger partial charge in [0.1, 0.15) is 5.76 Å². The smallest absolute Gasteiger partial charge is 0.276 e. The van der Waals surface area contributed by atoms with Crippen LogP contribution in [0.2, 0.25) is 0 Å². The summed E-state index contributed by atoms with van der Waals surface area (Å²) in [5.74, 6) is 0.344. The predicted molar refractivity (Wildman–Crippen MR) is 74.3 cm³/mol. The molecule has 0 bridgehead atoms. The van der Waals surface area contributed by atoms with Gasteiger partial charge in [-0.15, -0.1) is 0 Å². The zero-order valence-corrected chi connectivity index (χ0v) is 13.0. The second-order valence-corrected chi connectivity index (χ2v) is 8.01. The Morgan fingerprint density at radius 1 is 1.45 bits per heavy atom. The summed E-state index contributed by atoms with van der Waals surface area (Å²) < 4.78 is 29.0. The molecule has 1 aromatic heterocycles. The molecule has 6 nitrogen and oxygen atoms in total. The zero-order chi connectivity index (χ0) is 15.1. The molecule has 0 saturated carbocycles. The highest BCUT2D eigenvalue weighted by Crippen LogP contribution is 2.24. The van der Waals surface area contributed by atoms with Crippen LogP contribution in [0.4, 0.5) is 0 Å². The molecule has 2 rings (SSSR count). The molecule has 1 aromatic rings. The lowest BCUT2D eigenvalue weighted by Gasteiger charge is -2.37. The number of hydrogen-bond acceptors (Lipinski definition) is 5. The predicted octanol–water partition coefficient (Wildman–Crippen LogP) is 1.45. The molecule has 112 valence electrons. The molecule has 0 aliphatic carbocycles.